The number of ether oxygens (including phenoxy) is 1. The lowest BCUT2D eigenvalue weighted by atomic mass is 10.2. The molecule has 2 aromatic rings. The fraction of sp³-hybridized carbons (Fsp3) is 0.300. The molecule has 0 aliphatic heterocycles. The summed E-state index contributed by atoms with van der Waals surface area (Å²) < 4.78 is 32.7. The van der Waals surface area contributed by atoms with Crippen LogP contribution in [0.5, 0.6) is 5.75 Å². The largest absolute Gasteiger partial charge is 0.494 e. The van der Waals surface area contributed by atoms with Crippen LogP contribution in [0.2, 0.25) is 0 Å². The van der Waals surface area contributed by atoms with Crippen molar-refractivity contribution in [2.24, 2.45) is 11.8 Å². The van der Waals surface area contributed by atoms with Crippen LogP contribution < -0.4 is 20.3 Å². The molecule has 0 aromatic heterocycles. The fourth-order valence-corrected chi connectivity index (χ4v) is 3.81. The zero-order chi connectivity index (χ0) is 21.0. The smallest absolute Gasteiger partial charge is 0.269 e. The SMILES string of the molecule is CCOc1ccc(S(=O)(=O)Nc2ccc(C(=O)NNC(=O)[C@H]3C[C@@H]3C)cc2)cc1. The number of hydrogen-bond donors (Lipinski definition) is 3. The van der Waals surface area contributed by atoms with Crippen LogP contribution in [-0.2, 0) is 14.8 Å². The Kier molecular flexibility index (Phi) is 6.07. The molecule has 1 fully saturated rings. The van der Waals surface area contributed by atoms with Gasteiger partial charge in [-0.2, -0.15) is 0 Å². The molecule has 8 nitrogen and oxygen atoms in total. The van der Waals surface area contributed by atoms with Crippen LogP contribution in [0.15, 0.2) is 53.4 Å². The molecule has 0 bridgehead atoms. The van der Waals surface area contributed by atoms with Crippen molar-refractivity contribution in [3.8, 4) is 5.75 Å². The van der Waals surface area contributed by atoms with Gasteiger partial charge in [-0.15, -0.1) is 0 Å². The van der Waals surface area contributed by atoms with Gasteiger partial charge in [-0.3, -0.25) is 25.2 Å². The van der Waals surface area contributed by atoms with E-state index in [4.69, 9.17) is 4.74 Å². The molecule has 1 aliphatic rings. The number of benzene rings is 2. The highest BCUT2D eigenvalue weighted by Crippen LogP contribution is 2.37. The second-order valence-corrected chi connectivity index (χ2v) is 8.53. The maximum Gasteiger partial charge on any atom is 0.269 e. The van der Waals surface area contributed by atoms with Gasteiger partial charge in [-0.25, -0.2) is 8.42 Å². The Bertz CT molecular complexity index is 988. The van der Waals surface area contributed by atoms with Gasteiger partial charge in [0.1, 0.15) is 5.75 Å². The van der Waals surface area contributed by atoms with Gasteiger partial charge in [0.15, 0.2) is 0 Å². The number of hydrogen-bond acceptors (Lipinski definition) is 5. The molecule has 0 heterocycles. The lowest BCUT2D eigenvalue weighted by Crippen LogP contribution is -2.42. The van der Waals surface area contributed by atoms with E-state index in [1.54, 1.807) is 12.1 Å². The summed E-state index contributed by atoms with van der Waals surface area (Å²) in [4.78, 5) is 23.9. The van der Waals surface area contributed by atoms with Crippen LogP contribution in [0.1, 0.15) is 30.6 Å². The number of amides is 2. The van der Waals surface area contributed by atoms with Gasteiger partial charge in [-0.1, -0.05) is 6.92 Å². The Hall–Kier alpha value is -3.07. The summed E-state index contributed by atoms with van der Waals surface area (Å²) in [7, 11) is -3.77. The summed E-state index contributed by atoms with van der Waals surface area (Å²) in [5, 5.41) is 0. The fourth-order valence-electron chi connectivity index (χ4n) is 2.76. The maximum absolute atomic E-state index is 12.5. The molecule has 0 saturated heterocycles. The van der Waals surface area contributed by atoms with Crippen molar-refractivity contribution < 1.29 is 22.7 Å². The van der Waals surface area contributed by atoms with Gasteiger partial charge in [0.2, 0.25) is 5.91 Å². The molecular weight excluding hydrogens is 394 g/mol. The molecule has 0 unspecified atom stereocenters. The Morgan fingerprint density at radius 1 is 1.03 bits per heavy atom. The number of sulfonamides is 1. The Labute approximate surface area is 169 Å². The van der Waals surface area contributed by atoms with E-state index in [0.29, 0.717) is 24.0 Å². The van der Waals surface area contributed by atoms with E-state index in [1.807, 2.05) is 13.8 Å². The topological polar surface area (TPSA) is 114 Å². The van der Waals surface area contributed by atoms with Crippen LogP contribution in [0, 0.1) is 11.8 Å². The lowest BCUT2D eigenvalue weighted by Gasteiger charge is -2.10. The molecule has 2 amide bonds. The van der Waals surface area contributed by atoms with Crippen LogP contribution in [0.25, 0.3) is 0 Å². The number of anilines is 1. The van der Waals surface area contributed by atoms with Crippen molar-refractivity contribution >= 4 is 27.5 Å². The number of nitrogens with one attached hydrogen (secondary N) is 3. The molecule has 2 aromatic carbocycles. The van der Waals surface area contributed by atoms with Crippen molar-refractivity contribution in [1.82, 2.24) is 10.9 Å². The highest BCUT2D eigenvalue weighted by Gasteiger charge is 2.39. The summed E-state index contributed by atoms with van der Waals surface area (Å²) in [6, 6.07) is 12.0. The molecule has 1 saturated carbocycles. The monoisotopic (exact) mass is 417 g/mol. The summed E-state index contributed by atoms with van der Waals surface area (Å²) in [6.07, 6.45) is 0.824. The van der Waals surface area contributed by atoms with Crippen molar-refractivity contribution in [1.29, 1.82) is 0 Å². The predicted molar refractivity (Wildman–Crippen MR) is 108 cm³/mol. The highest BCUT2D eigenvalue weighted by atomic mass is 32.2. The summed E-state index contributed by atoms with van der Waals surface area (Å²) in [5.74, 6) is 0.201. The minimum Gasteiger partial charge on any atom is -0.494 e. The van der Waals surface area contributed by atoms with E-state index in [2.05, 4.69) is 15.6 Å². The van der Waals surface area contributed by atoms with E-state index in [0.717, 1.165) is 6.42 Å². The average Bonchev–Trinajstić information content (AvgIpc) is 3.43. The molecule has 154 valence electrons. The van der Waals surface area contributed by atoms with Gasteiger partial charge in [0.05, 0.1) is 11.5 Å². The third-order valence-corrected chi connectivity index (χ3v) is 5.99. The van der Waals surface area contributed by atoms with Gasteiger partial charge < -0.3 is 4.74 Å². The van der Waals surface area contributed by atoms with E-state index >= 15 is 0 Å². The Morgan fingerprint density at radius 2 is 1.66 bits per heavy atom. The molecule has 3 N–H and O–H groups in total. The minimum absolute atomic E-state index is 0.0466. The third kappa shape index (κ3) is 5.26. The van der Waals surface area contributed by atoms with Crippen LogP contribution in [0.3, 0.4) is 0 Å². The van der Waals surface area contributed by atoms with Crippen LogP contribution >= 0.6 is 0 Å². The van der Waals surface area contributed by atoms with E-state index in [-0.39, 0.29) is 22.3 Å². The first-order chi connectivity index (χ1) is 13.8. The zero-order valence-corrected chi connectivity index (χ0v) is 17.0. The Morgan fingerprint density at radius 3 is 2.21 bits per heavy atom. The van der Waals surface area contributed by atoms with E-state index < -0.39 is 15.9 Å². The molecule has 1 aliphatic carbocycles. The zero-order valence-electron chi connectivity index (χ0n) is 16.1. The van der Waals surface area contributed by atoms with Crippen molar-refractivity contribution in [2.75, 3.05) is 11.3 Å². The summed E-state index contributed by atoms with van der Waals surface area (Å²) in [6.45, 7) is 4.31. The van der Waals surface area contributed by atoms with Crippen LogP contribution in [0.4, 0.5) is 5.69 Å². The molecule has 2 atom stereocenters. The quantitative estimate of drug-likeness (QED) is 0.598. The van der Waals surface area contributed by atoms with Crippen molar-refractivity contribution in [3.05, 3.63) is 54.1 Å². The molecule has 3 rings (SSSR count). The van der Waals surface area contributed by atoms with Gasteiger partial charge in [0.25, 0.3) is 15.9 Å². The molecule has 0 spiro atoms. The number of carbonyl (C=O) groups excluding carboxylic acids is 2. The maximum atomic E-state index is 12.5. The first kappa shape index (κ1) is 20.7. The first-order valence-corrected chi connectivity index (χ1v) is 10.7. The van der Waals surface area contributed by atoms with Gasteiger partial charge in [0, 0.05) is 17.2 Å². The molecular formula is C20H23N3O5S. The molecule has 29 heavy (non-hydrogen) atoms. The number of hydrazine groups is 1. The molecule has 0 radical (unpaired) electrons. The highest BCUT2D eigenvalue weighted by molar-refractivity contribution is 7.92. The minimum atomic E-state index is -3.77. The van der Waals surface area contributed by atoms with E-state index in [9.17, 15) is 18.0 Å². The summed E-state index contributed by atoms with van der Waals surface area (Å²) >= 11 is 0. The average molecular weight is 417 g/mol. The molecule has 9 heteroatoms. The summed E-state index contributed by atoms with van der Waals surface area (Å²) in [5.41, 5.74) is 5.36. The second kappa shape index (κ2) is 8.52. The normalized spacial score (nSPS) is 17.9. The standard InChI is InChI=1S/C20H23N3O5S/c1-3-28-16-8-10-17(11-9-16)29(26,27)23-15-6-4-14(5-7-15)19(24)21-22-20(25)18-12-13(18)2/h4-11,13,18,23H,3,12H2,1-2H3,(H,21,24)(H,22,25)/t13-,18-/m0/s1. The van der Waals surface area contributed by atoms with Gasteiger partial charge in [-0.05, 0) is 67.8 Å². The third-order valence-electron chi connectivity index (χ3n) is 4.59. The van der Waals surface area contributed by atoms with Crippen molar-refractivity contribution in [2.45, 2.75) is 25.2 Å². The Balaban J connectivity index is 1.59. The lowest BCUT2D eigenvalue weighted by molar-refractivity contribution is -0.123. The number of rotatable bonds is 7. The predicted octanol–water partition coefficient (Wildman–Crippen LogP) is 2.30. The van der Waals surface area contributed by atoms with Crippen molar-refractivity contribution in [3.63, 3.8) is 0 Å². The second-order valence-electron chi connectivity index (χ2n) is 6.85. The van der Waals surface area contributed by atoms with E-state index in [1.165, 1.54) is 36.4 Å². The number of carbonyl (C=O) groups is 2. The first-order valence-electron chi connectivity index (χ1n) is 9.26. The van der Waals surface area contributed by atoms with Gasteiger partial charge >= 0.3 is 0 Å². The van der Waals surface area contributed by atoms with Crippen LogP contribution in [-0.4, -0.2) is 26.8 Å².